The molecule has 2 aromatic rings. The van der Waals surface area contributed by atoms with E-state index in [-0.39, 0.29) is 43.9 Å². The molecule has 0 spiro atoms. The van der Waals surface area contributed by atoms with Crippen molar-refractivity contribution in [2.75, 3.05) is 27.3 Å². The molecule has 0 unspecified atom stereocenters. The zero-order chi connectivity index (χ0) is 43.4. The molecule has 13 atom stereocenters. The van der Waals surface area contributed by atoms with Crippen molar-refractivity contribution in [3.8, 4) is 11.6 Å². The van der Waals surface area contributed by atoms with Gasteiger partial charge >= 0.3 is 5.97 Å². The van der Waals surface area contributed by atoms with Crippen molar-refractivity contribution in [3.05, 3.63) is 36.8 Å². The van der Waals surface area contributed by atoms with E-state index < -0.39 is 83.2 Å². The number of likely N-dealkylation sites (N-methyl/N-ethyl adjacent to an activating group) is 1. The smallest absolute Gasteiger partial charge is 0.316 e. The molecule has 3 aliphatic rings. The molecule has 0 saturated carbocycles. The van der Waals surface area contributed by atoms with Crippen LogP contribution < -0.4 is 4.84 Å². The first-order chi connectivity index (χ1) is 27.8. The second kappa shape index (κ2) is 19.2. The molecule has 17 nitrogen and oxygen atoms in total. The average Bonchev–Trinajstić information content (AvgIpc) is 3.73. The van der Waals surface area contributed by atoms with Crippen LogP contribution in [0, 0.1) is 23.7 Å². The Labute approximate surface area is 346 Å². The molecule has 326 valence electrons. The highest BCUT2D eigenvalue weighted by Gasteiger charge is 2.53. The maximum atomic E-state index is 14.5. The highest BCUT2D eigenvalue weighted by Crippen LogP contribution is 2.40. The summed E-state index contributed by atoms with van der Waals surface area (Å²) in [7, 11) is 3.72. The van der Waals surface area contributed by atoms with E-state index in [1.807, 2.05) is 32.8 Å². The number of carbonyl (C=O) groups excluding carboxylic acids is 3. The van der Waals surface area contributed by atoms with Gasteiger partial charge in [0.05, 0.1) is 43.3 Å². The van der Waals surface area contributed by atoms with E-state index in [1.54, 1.807) is 63.0 Å². The summed E-state index contributed by atoms with van der Waals surface area (Å²) in [5.41, 5.74) is -2.63. The number of esters is 1. The van der Waals surface area contributed by atoms with Crippen LogP contribution in [-0.4, -0.2) is 140 Å². The first kappa shape index (κ1) is 46.1. The average molecular weight is 827 g/mol. The Morgan fingerprint density at radius 2 is 1.83 bits per heavy atom. The van der Waals surface area contributed by atoms with Crippen molar-refractivity contribution in [1.29, 1.82) is 0 Å². The Morgan fingerprint density at radius 1 is 1.10 bits per heavy atom. The fourth-order valence-corrected chi connectivity index (χ4v) is 8.69. The lowest BCUT2D eigenvalue weighted by Gasteiger charge is -2.47. The van der Waals surface area contributed by atoms with Gasteiger partial charge in [0, 0.05) is 42.9 Å². The van der Waals surface area contributed by atoms with E-state index in [2.05, 4.69) is 20.2 Å². The number of aromatic nitrogens is 3. The van der Waals surface area contributed by atoms with Crippen molar-refractivity contribution in [1.82, 2.24) is 19.7 Å². The van der Waals surface area contributed by atoms with E-state index in [0.29, 0.717) is 23.7 Å². The monoisotopic (exact) mass is 826 g/mol. The molecule has 5 rings (SSSR count). The second-order valence-corrected chi connectivity index (χ2v) is 16.9. The van der Waals surface area contributed by atoms with Crippen LogP contribution in [0.5, 0.6) is 5.75 Å². The van der Waals surface area contributed by atoms with Gasteiger partial charge in [0.25, 0.3) is 0 Å². The van der Waals surface area contributed by atoms with Gasteiger partial charge in [-0.25, -0.2) is 14.7 Å². The number of aliphatic imine (C=N–C) groups is 1. The number of aliphatic hydroxyl groups is 2. The number of amides is 1. The maximum Gasteiger partial charge on any atom is 0.316 e. The summed E-state index contributed by atoms with van der Waals surface area (Å²) in [5, 5.41) is 32.7. The zero-order valence-electron chi connectivity index (χ0n) is 36.1. The van der Waals surface area contributed by atoms with E-state index in [9.17, 15) is 24.6 Å². The molecular formula is C42H62N6O11. The van der Waals surface area contributed by atoms with Gasteiger partial charge in [-0.2, -0.15) is 5.10 Å². The molecule has 3 fully saturated rings. The number of hydrogen-bond acceptors (Lipinski definition) is 15. The number of Topliss-reactive ketones (excluding diaryl/α,β-unsaturated/α-hetero) is 1. The van der Waals surface area contributed by atoms with Crippen molar-refractivity contribution in [2.45, 2.75) is 136 Å². The molecule has 2 aromatic heterocycles. The van der Waals surface area contributed by atoms with E-state index >= 15 is 0 Å². The predicted octanol–water partition coefficient (Wildman–Crippen LogP) is 3.56. The van der Waals surface area contributed by atoms with Gasteiger partial charge < -0.3 is 43.6 Å². The lowest BCUT2D eigenvalue weighted by atomic mass is 9.73. The van der Waals surface area contributed by atoms with Gasteiger partial charge in [-0.1, -0.05) is 32.9 Å². The Hall–Kier alpha value is -3.97. The van der Waals surface area contributed by atoms with E-state index in [0.717, 1.165) is 0 Å². The summed E-state index contributed by atoms with van der Waals surface area (Å²) < 4.78 is 34.0. The van der Waals surface area contributed by atoms with Crippen molar-refractivity contribution in [3.63, 3.8) is 0 Å². The summed E-state index contributed by atoms with van der Waals surface area (Å²) in [6.45, 7) is 14.6. The quantitative estimate of drug-likeness (QED) is 0.233. The van der Waals surface area contributed by atoms with Crippen LogP contribution in [0.3, 0.4) is 0 Å². The lowest BCUT2D eigenvalue weighted by Crippen LogP contribution is -2.60. The first-order valence-corrected chi connectivity index (χ1v) is 20.4. The summed E-state index contributed by atoms with van der Waals surface area (Å²) >= 11 is 0. The second-order valence-electron chi connectivity index (χ2n) is 16.9. The molecule has 5 heterocycles. The molecule has 59 heavy (non-hydrogen) atoms. The molecule has 3 saturated heterocycles. The van der Waals surface area contributed by atoms with Gasteiger partial charge in [0.15, 0.2) is 23.6 Å². The number of ether oxygens (including phenoxy) is 5. The Balaban J connectivity index is 1.67. The predicted molar refractivity (Wildman–Crippen MR) is 216 cm³/mol. The minimum atomic E-state index is -1.87. The molecule has 1 amide bonds. The van der Waals surface area contributed by atoms with Gasteiger partial charge in [0.2, 0.25) is 5.91 Å². The van der Waals surface area contributed by atoms with Gasteiger partial charge in [-0.3, -0.25) is 14.4 Å². The van der Waals surface area contributed by atoms with Crippen LogP contribution in [0.15, 0.2) is 46.9 Å². The number of aliphatic hydroxyl groups excluding tert-OH is 1. The normalized spacial score (nSPS) is 38.0. The van der Waals surface area contributed by atoms with Crippen molar-refractivity contribution < 1.29 is 53.1 Å². The highest BCUT2D eigenvalue weighted by atomic mass is 16.7. The molecule has 0 aliphatic carbocycles. The number of pyridine rings is 1. The number of carbonyl (C=O) groups is 3. The van der Waals surface area contributed by atoms with Crippen LogP contribution in [0.4, 0.5) is 0 Å². The number of hydrogen-bond donors (Lipinski definition) is 2. The molecule has 2 N–H and O–H groups in total. The third kappa shape index (κ3) is 10.5. The molecular weight excluding hydrogens is 764 g/mol. The number of fused-ring (bicyclic) bond motifs is 5. The zero-order valence-corrected chi connectivity index (χ0v) is 36.1. The van der Waals surface area contributed by atoms with Crippen LogP contribution in [0.1, 0.15) is 81.6 Å². The number of oxime groups is 1. The summed E-state index contributed by atoms with van der Waals surface area (Å²) in [4.78, 5) is 57.9. The minimum absolute atomic E-state index is 0.124. The maximum absolute atomic E-state index is 14.5. The molecule has 3 aliphatic heterocycles. The molecule has 0 radical (unpaired) electrons. The Bertz CT molecular complexity index is 1820. The number of rotatable bonds is 7. The Morgan fingerprint density at radius 3 is 2.44 bits per heavy atom. The number of ketones is 1. The highest BCUT2D eigenvalue weighted by molar-refractivity contribution is 6.00. The lowest BCUT2D eigenvalue weighted by molar-refractivity contribution is -0.296. The molecule has 17 heteroatoms. The summed E-state index contributed by atoms with van der Waals surface area (Å²) in [6.07, 6.45) is -0.311. The SMILES string of the molecule is CC[C@H]1OC(=O)[C@H](C)C(=O)[C@H](C)[C@@H](O[C@@H]2O[C@H](C)C[C@H](N(C)C)[C@H]2O)[C@@]2(C)C[C@@H](C)C(=NC(C)=O)[C@H](C)[C@@H](OC/C(=N\Oc3ccc(-n4cccn4)nc3)CO2)[C@]1(C)O. The topological polar surface area (TPSA) is 206 Å². The number of nitrogens with zero attached hydrogens (tertiary/aromatic N) is 6. The van der Waals surface area contributed by atoms with Gasteiger partial charge in [-0.15, -0.1) is 0 Å². The van der Waals surface area contributed by atoms with Crippen LogP contribution in [0.25, 0.3) is 5.82 Å². The van der Waals surface area contributed by atoms with Crippen molar-refractivity contribution in [2.24, 2.45) is 33.8 Å². The van der Waals surface area contributed by atoms with Gasteiger partial charge in [-0.05, 0) is 85.2 Å². The van der Waals surface area contributed by atoms with Crippen molar-refractivity contribution >= 4 is 29.1 Å². The van der Waals surface area contributed by atoms with Crippen LogP contribution >= 0.6 is 0 Å². The third-order valence-electron chi connectivity index (χ3n) is 11.9. The minimum Gasteiger partial charge on any atom is -0.459 e. The summed E-state index contributed by atoms with van der Waals surface area (Å²) in [5.74, 6) is -4.52. The van der Waals surface area contributed by atoms with Crippen LogP contribution in [0.2, 0.25) is 0 Å². The number of cyclic esters (lactones) is 1. The van der Waals surface area contributed by atoms with Crippen LogP contribution in [-0.2, 0) is 38.1 Å². The standard InChI is InChI=1S/C42H62N6O11/c1-12-32-42(9,53)38-25(4)34(45-28(7)49)23(2)19-41(8,55-22-29(21-54-38)46-59-30-14-15-33(43-20-30)48-17-13-16-44-48)37(26(5)35(50)27(6)39(52)57-32)58-40-36(51)31(47(10)11)18-24(3)56-40/h13-17,20,23-27,31-32,36-38,40,51,53H,12,18-19,21-22H2,1-11H3/b45-34?,46-29+/t23-,24-,25+,26+,27-,31+,32-,36-,37-,38-,40+,41-,42-/m1/s1. The Kier molecular flexibility index (Phi) is 15.0. The first-order valence-electron chi connectivity index (χ1n) is 20.4. The molecule has 0 aromatic carbocycles. The van der Waals surface area contributed by atoms with E-state index in [4.69, 9.17) is 28.5 Å². The summed E-state index contributed by atoms with van der Waals surface area (Å²) in [6, 6.07) is 4.85. The third-order valence-corrected chi connectivity index (χ3v) is 11.9. The fourth-order valence-electron chi connectivity index (χ4n) is 8.69. The van der Waals surface area contributed by atoms with Gasteiger partial charge in [0.1, 0.15) is 29.4 Å². The molecule has 2 bridgehead atoms. The largest absolute Gasteiger partial charge is 0.459 e. The van der Waals surface area contributed by atoms with E-state index in [1.165, 1.54) is 27.0 Å². The fraction of sp³-hybridized carbons (Fsp3) is 0.690.